The lowest BCUT2D eigenvalue weighted by atomic mass is 10.2. The largest absolute Gasteiger partial charge is 0.306 e. The van der Waals surface area contributed by atoms with Crippen LogP contribution in [-0.2, 0) is 0 Å². The molecule has 0 aliphatic carbocycles. The SMILES string of the molecule is CCC/C(C)=C\NCl. The van der Waals surface area contributed by atoms with E-state index in [2.05, 4.69) is 18.7 Å². The highest BCUT2D eigenvalue weighted by Crippen LogP contribution is 2.00. The molecule has 0 unspecified atom stereocenters. The molecule has 48 valence electrons. The molecule has 1 nitrogen and oxygen atoms in total. The van der Waals surface area contributed by atoms with Gasteiger partial charge >= 0.3 is 0 Å². The van der Waals surface area contributed by atoms with Gasteiger partial charge in [0, 0.05) is 18.0 Å². The van der Waals surface area contributed by atoms with E-state index in [1.165, 1.54) is 12.0 Å². The smallest absolute Gasteiger partial charge is 0.0117 e. The number of rotatable bonds is 3. The monoisotopic (exact) mass is 133 g/mol. The molecule has 0 aromatic heterocycles. The Morgan fingerprint density at radius 3 is 2.75 bits per heavy atom. The van der Waals surface area contributed by atoms with Gasteiger partial charge in [-0.1, -0.05) is 18.9 Å². The molecule has 0 aromatic rings. The van der Waals surface area contributed by atoms with Gasteiger partial charge in [-0.3, -0.25) is 0 Å². The van der Waals surface area contributed by atoms with Gasteiger partial charge in [0.2, 0.25) is 0 Å². The summed E-state index contributed by atoms with van der Waals surface area (Å²) in [6.07, 6.45) is 4.12. The fourth-order valence-electron chi connectivity index (χ4n) is 0.560. The van der Waals surface area contributed by atoms with Gasteiger partial charge in [0.05, 0.1) is 0 Å². The fourth-order valence-corrected chi connectivity index (χ4v) is 0.746. The fraction of sp³-hybridized carbons (Fsp3) is 0.667. The molecule has 1 N–H and O–H groups in total. The summed E-state index contributed by atoms with van der Waals surface area (Å²) in [5.41, 5.74) is 1.29. The van der Waals surface area contributed by atoms with E-state index in [1.807, 2.05) is 6.20 Å². The van der Waals surface area contributed by atoms with Gasteiger partial charge in [0.15, 0.2) is 0 Å². The number of hydrogen-bond donors (Lipinski definition) is 1. The van der Waals surface area contributed by atoms with Crippen molar-refractivity contribution in [1.29, 1.82) is 0 Å². The molecule has 0 aliphatic rings. The van der Waals surface area contributed by atoms with Gasteiger partial charge in [-0.05, 0) is 13.3 Å². The Balaban J connectivity index is 3.29. The van der Waals surface area contributed by atoms with Crippen molar-refractivity contribution in [3.05, 3.63) is 11.8 Å². The maximum atomic E-state index is 5.21. The first-order valence-corrected chi connectivity index (χ1v) is 3.20. The van der Waals surface area contributed by atoms with Crippen LogP contribution in [0.25, 0.3) is 0 Å². The Morgan fingerprint density at radius 2 is 2.38 bits per heavy atom. The molecule has 0 aromatic carbocycles. The first-order chi connectivity index (χ1) is 3.81. The van der Waals surface area contributed by atoms with Crippen LogP contribution in [0.5, 0.6) is 0 Å². The van der Waals surface area contributed by atoms with Crippen LogP contribution in [0.4, 0.5) is 0 Å². The number of hydrogen-bond acceptors (Lipinski definition) is 1. The molecule has 0 saturated heterocycles. The number of allylic oxidation sites excluding steroid dienone is 1. The van der Waals surface area contributed by atoms with Crippen molar-refractivity contribution < 1.29 is 0 Å². The first-order valence-electron chi connectivity index (χ1n) is 2.83. The molecular formula is C6H12ClN. The van der Waals surface area contributed by atoms with Crippen molar-refractivity contribution in [2.45, 2.75) is 26.7 Å². The predicted octanol–water partition coefficient (Wildman–Crippen LogP) is 2.43. The Hall–Kier alpha value is -0.170. The Kier molecular flexibility index (Phi) is 4.87. The maximum absolute atomic E-state index is 5.21. The second-order valence-corrected chi connectivity index (χ2v) is 2.07. The van der Waals surface area contributed by atoms with Gasteiger partial charge in [-0.15, -0.1) is 0 Å². The average Bonchev–Trinajstić information content (AvgIpc) is 1.68. The molecule has 0 fully saturated rings. The van der Waals surface area contributed by atoms with E-state index in [-0.39, 0.29) is 0 Å². The average molecular weight is 134 g/mol. The van der Waals surface area contributed by atoms with Crippen LogP contribution in [0.1, 0.15) is 26.7 Å². The zero-order valence-corrected chi connectivity index (χ0v) is 6.13. The lowest BCUT2D eigenvalue weighted by Crippen LogP contribution is -1.85. The van der Waals surface area contributed by atoms with Gasteiger partial charge < -0.3 is 4.84 Å². The molecule has 0 amide bonds. The molecule has 0 radical (unpaired) electrons. The molecule has 2 heteroatoms. The van der Waals surface area contributed by atoms with E-state index in [0.717, 1.165) is 6.42 Å². The first kappa shape index (κ1) is 7.83. The van der Waals surface area contributed by atoms with Gasteiger partial charge in [0.25, 0.3) is 0 Å². The van der Waals surface area contributed by atoms with Crippen molar-refractivity contribution in [3.8, 4) is 0 Å². The highest BCUT2D eigenvalue weighted by atomic mass is 35.5. The Morgan fingerprint density at radius 1 is 1.75 bits per heavy atom. The van der Waals surface area contributed by atoms with Crippen LogP contribution in [0.3, 0.4) is 0 Å². The molecule has 0 spiro atoms. The zero-order chi connectivity index (χ0) is 6.41. The topological polar surface area (TPSA) is 12.0 Å². The molecule has 0 aliphatic heterocycles. The van der Waals surface area contributed by atoms with Gasteiger partial charge in [-0.25, -0.2) is 0 Å². The molecule has 0 heterocycles. The van der Waals surface area contributed by atoms with Crippen LogP contribution in [0, 0.1) is 0 Å². The normalized spacial score (nSPS) is 11.6. The second-order valence-electron chi connectivity index (χ2n) is 1.85. The van der Waals surface area contributed by atoms with Crippen molar-refractivity contribution in [3.63, 3.8) is 0 Å². The van der Waals surface area contributed by atoms with Crippen LogP contribution in [0.2, 0.25) is 0 Å². The number of nitrogens with one attached hydrogen (secondary N) is 1. The van der Waals surface area contributed by atoms with E-state index in [9.17, 15) is 0 Å². The summed E-state index contributed by atoms with van der Waals surface area (Å²) in [6.45, 7) is 4.20. The molecule has 0 rings (SSSR count). The van der Waals surface area contributed by atoms with Crippen molar-refractivity contribution in [1.82, 2.24) is 4.84 Å². The lowest BCUT2D eigenvalue weighted by molar-refractivity contribution is 0.898. The summed E-state index contributed by atoms with van der Waals surface area (Å²) < 4.78 is 0. The summed E-state index contributed by atoms with van der Waals surface area (Å²) in [5, 5.41) is 0. The van der Waals surface area contributed by atoms with Crippen LogP contribution in [0.15, 0.2) is 11.8 Å². The van der Waals surface area contributed by atoms with E-state index < -0.39 is 0 Å². The molecule has 8 heavy (non-hydrogen) atoms. The molecule has 0 atom stereocenters. The van der Waals surface area contributed by atoms with E-state index >= 15 is 0 Å². The third-order valence-electron chi connectivity index (χ3n) is 0.945. The second kappa shape index (κ2) is 4.98. The molecule has 0 bridgehead atoms. The van der Waals surface area contributed by atoms with Crippen molar-refractivity contribution in [2.24, 2.45) is 0 Å². The van der Waals surface area contributed by atoms with Crippen LogP contribution in [-0.4, -0.2) is 0 Å². The predicted molar refractivity (Wildman–Crippen MR) is 37.7 cm³/mol. The van der Waals surface area contributed by atoms with Crippen molar-refractivity contribution >= 4 is 11.8 Å². The standard InChI is InChI=1S/C6H12ClN/c1-3-4-6(2)5-8-7/h5,8H,3-4H2,1-2H3/b6-5-. The lowest BCUT2D eigenvalue weighted by Gasteiger charge is -1.93. The van der Waals surface area contributed by atoms with Crippen molar-refractivity contribution in [2.75, 3.05) is 0 Å². The Labute approximate surface area is 55.8 Å². The minimum absolute atomic E-state index is 1.12. The summed E-state index contributed by atoms with van der Waals surface area (Å²) in [7, 11) is 0. The Bertz CT molecular complexity index is 78.6. The van der Waals surface area contributed by atoms with E-state index in [1.54, 1.807) is 0 Å². The molecular weight excluding hydrogens is 122 g/mol. The van der Waals surface area contributed by atoms with Gasteiger partial charge in [-0.2, -0.15) is 0 Å². The minimum Gasteiger partial charge on any atom is -0.306 e. The summed E-state index contributed by atoms with van der Waals surface area (Å²) >= 11 is 5.21. The molecule has 0 saturated carbocycles. The third kappa shape index (κ3) is 4.00. The quantitative estimate of drug-likeness (QED) is 0.584. The van der Waals surface area contributed by atoms with Crippen LogP contribution < -0.4 is 4.84 Å². The van der Waals surface area contributed by atoms with E-state index in [0.29, 0.717) is 0 Å². The highest BCUT2D eigenvalue weighted by Gasteiger charge is 1.82. The highest BCUT2D eigenvalue weighted by molar-refractivity contribution is 6.14. The zero-order valence-electron chi connectivity index (χ0n) is 5.37. The van der Waals surface area contributed by atoms with Crippen LogP contribution >= 0.6 is 11.8 Å². The maximum Gasteiger partial charge on any atom is 0.0117 e. The summed E-state index contributed by atoms with van der Waals surface area (Å²) in [5.74, 6) is 0. The van der Waals surface area contributed by atoms with E-state index in [4.69, 9.17) is 11.8 Å². The minimum atomic E-state index is 1.12. The summed E-state index contributed by atoms with van der Waals surface area (Å²) in [4.78, 5) is 2.46. The number of halogens is 1. The summed E-state index contributed by atoms with van der Waals surface area (Å²) in [6, 6.07) is 0. The third-order valence-corrected chi connectivity index (χ3v) is 1.05. The van der Waals surface area contributed by atoms with Gasteiger partial charge in [0.1, 0.15) is 0 Å².